The van der Waals surface area contributed by atoms with Gasteiger partial charge in [-0.2, -0.15) is 10.1 Å². The number of carbonyl (C=O) groups is 1. The van der Waals surface area contributed by atoms with E-state index in [1.54, 1.807) is 24.0 Å². The molecule has 2 heterocycles. The highest BCUT2D eigenvalue weighted by Crippen LogP contribution is 2.52. The van der Waals surface area contributed by atoms with Gasteiger partial charge in [-0.15, -0.1) is 0 Å². The molecule has 2 aromatic rings. The predicted octanol–water partition coefficient (Wildman–Crippen LogP) is 1.39. The standard InChI is InChI=1S/C18H24FN7O2/c1-10(27)8-26-9-12(6-22-26)23-17-21-7-14(19)16(24-17)25-18-3-2-11(5-18)4-13(18)15(20)28/h6-7,9-11,13,27H,2-5,8H2,1H3,(H2,20,28)(H2,21,23,24,25)/t10-,11?,13?,18?/m1/s1. The van der Waals surface area contributed by atoms with E-state index in [-0.39, 0.29) is 23.6 Å². The number of aliphatic hydroxyl groups is 1. The lowest BCUT2D eigenvalue weighted by molar-refractivity contribution is -0.123. The van der Waals surface area contributed by atoms with Gasteiger partial charge in [-0.3, -0.25) is 9.48 Å². The second-order valence-corrected chi connectivity index (χ2v) is 7.90. The second-order valence-electron chi connectivity index (χ2n) is 7.90. The van der Waals surface area contributed by atoms with Gasteiger partial charge in [0.2, 0.25) is 11.9 Å². The summed E-state index contributed by atoms with van der Waals surface area (Å²) in [6, 6.07) is 0. The van der Waals surface area contributed by atoms with Crippen LogP contribution in [0.5, 0.6) is 0 Å². The fourth-order valence-electron chi connectivity index (χ4n) is 4.53. The quantitative estimate of drug-likeness (QED) is 0.563. The Bertz CT molecular complexity index is 887. The third kappa shape index (κ3) is 3.51. The zero-order valence-electron chi connectivity index (χ0n) is 15.6. The number of carbonyl (C=O) groups excluding carboxylic acids is 1. The van der Waals surface area contributed by atoms with E-state index in [1.165, 1.54) is 0 Å². The van der Waals surface area contributed by atoms with Crippen LogP contribution in [0, 0.1) is 17.7 Å². The lowest BCUT2D eigenvalue weighted by Crippen LogP contribution is -2.47. The molecule has 0 saturated heterocycles. The smallest absolute Gasteiger partial charge is 0.229 e. The SMILES string of the molecule is C[C@@H](O)Cn1cc(Nc2ncc(F)c(NC34CCC(CC3C(N)=O)C4)n2)cn1. The average Bonchev–Trinajstić information content (AvgIpc) is 3.32. The molecule has 2 aliphatic carbocycles. The normalized spacial score (nSPS) is 27.0. The van der Waals surface area contributed by atoms with Gasteiger partial charge < -0.3 is 21.5 Å². The molecule has 2 bridgehead atoms. The predicted molar refractivity (Wildman–Crippen MR) is 100 cm³/mol. The van der Waals surface area contributed by atoms with Gasteiger partial charge in [-0.1, -0.05) is 0 Å². The second kappa shape index (κ2) is 7.01. The van der Waals surface area contributed by atoms with Gasteiger partial charge in [-0.05, 0) is 38.5 Å². The number of aliphatic hydroxyl groups excluding tert-OH is 1. The van der Waals surface area contributed by atoms with Crippen molar-refractivity contribution in [2.24, 2.45) is 17.6 Å². The first kappa shape index (κ1) is 18.6. The van der Waals surface area contributed by atoms with Crippen LogP contribution in [0.4, 0.5) is 21.8 Å². The average molecular weight is 389 g/mol. The number of hydrogen-bond donors (Lipinski definition) is 4. The lowest BCUT2D eigenvalue weighted by atomic mass is 9.82. The molecule has 0 radical (unpaired) electrons. The summed E-state index contributed by atoms with van der Waals surface area (Å²) in [5.74, 6) is -0.554. The number of anilines is 3. The van der Waals surface area contributed by atoms with Crippen LogP contribution < -0.4 is 16.4 Å². The number of amides is 1. The summed E-state index contributed by atoms with van der Waals surface area (Å²) in [7, 11) is 0. The van der Waals surface area contributed by atoms with E-state index in [2.05, 4.69) is 25.7 Å². The number of hydrogen-bond acceptors (Lipinski definition) is 7. The van der Waals surface area contributed by atoms with Gasteiger partial charge in [0.25, 0.3) is 0 Å². The molecule has 2 fully saturated rings. The Morgan fingerprint density at radius 2 is 2.36 bits per heavy atom. The zero-order chi connectivity index (χ0) is 19.9. The maximum atomic E-state index is 14.4. The molecule has 150 valence electrons. The monoisotopic (exact) mass is 389 g/mol. The third-order valence-electron chi connectivity index (χ3n) is 5.68. The minimum Gasteiger partial charge on any atom is -0.391 e. The zero-order valence-corrected chi connectivity index (χ0v) is 15.6. The molecule has 2 aromatic heterocycles. The van der Waals surface area contributed by atoms with Crippen LogP contribution in [0.3, 0.4) is 0 Å². The van der Waals surface area contributed by atoms with Gasteiger partial charge in [0, 0.05) is 6.20 Å². The van der Waals surface area contributed by atoms with Crippen LogP contribution in [0.1, 0.15) is 32.6 Å². The molecule has 2 saturated carbocycles. The number of nitrogens with one attached hydrogen (secondary N) is 2. The van der Waals surface area contributed by atoms with Gasteiger partial charge in [0.05, 0.1) is 42.2 Å². The van der Waals surface area contributed by atoms with Crippen LogP contribution >= 0.6 is 0 Å². The van der Waals surface area contributed by atoms with Crippen molar-refractivity contribution in [2.75, 3.05) is 10.6 Å². The fraction of sp³-hybridized carbons (Fsp3) is 0.556. The molecule has 3 unspecified atom stereocenters. The van der Waals surface area contributed by atoms with Crippen molar-refractivity contribution in [3.63, 3.8) is 0 Å². The first-order chi connectivity index (χ1) is 13.3. The molecule has 10 heteroatoms. The first-order valence-corrected chi connectivity index (χ1v) is 9.42. The maximum absolute atomic E-state index is 14.4. The highest BCUT2D eigenvalue weighted by molar-refractivity contribution is 5.80. The molecule has 0 spiro atoms. The van der Waals surface area contributed by atoms with Crippen molar-refractivity contribution >= 4 is 23.4 Å². The van der Waals surface area contributed by atoms with E-state index in [1.807, 2.05) is 0 Å². The summed E-state index contributed by atoms with van der Waals surface area (Å²) in [4.78, 5) is 20.1. The fourth-order valence-corrected chi connectivity index (χ4v) is 4.53. The lowest BCUT2D eigenvalue weighted by Gasteiger charge is -2.34. The number of nitrogens with two attached hydrogens (primary N) is 1. The molecular weight excluding hydrogens is 365 g/mol. The minimum absolute atomic E-state index is 0.0580. The van der Waals surface area contributed by atoms with Crippen molar-refractivity contribution in [1.29, 1.82) is 0 Å². The first-order valence-electron chi connectivity index (χ1n) is 9.42. The minimum atomic E-state index is -0.580. The van der Waals surface area contributed by atoms with Gasteiger partial charge >= 0.3 is 0 Å². The Labute approximate surface area is 161 Å². The molecule has 9 nitrogen and oxygen atoms in total. The van der Waals surface area contributed by atoms with E-state index >= 15 is 0 Å². The van der Waals surface area contributed by atoms with Crippen LogP contribution in [0.25, 0.3) is 0 Å². The highest BCUT2D eigenvalue weighted by Gasteiger charge is 2.54. The number of aromatic nitrogens is 4. The molecule has 2 aliphatic rings. The number of halogens is 1. The third-order valence-corrected chi connectivity index (χ3v) is 5.68. The van der Waals surface area contributed by atoms with E-state index in [4.69, 9.17) is 5.73 Å². The van der Waals surface area contributed by atoms with E-state index in [9.17, 15) is 14.3 Å². The van der Waals surface area contributed by atoms with Crippen LogP contribution in [0.2, 0.25) is 0 Å². The Balaban J connectivity index is 1.53. The number of rotatable bonds is 7. The van der Waals surface area contributed by atoms with Gasteiger partial charge in [0.1, 0.15) is 0 Å². The number of nitrogens with zero attached hydrogens (tertiary/aromatic N) is 4. The van der Waals surface area contributed by atoms with Crippen molar-refractivity contribution in [1.82, 2.24) is 19.7 Å². The highest BCUT2D eigenvalue weighted by atomic mass is 19.1. The van der Waals surface area contributed by atoms with Crippen LogP contribution in [-0.2, 0) is 11.3 Å². The van der Waals surface area contributed by atoms with Crippen molar-refractivity contribution in [3.05, 3.63) is 24.4 Å². The summed E-state index contributed by atoms with van der Waals surface area (Å²) >= 11 is 0. The number of fused-ring (bicyclic) bond motifs is 2. The topological polar surface area (TPSA) is 131 Å². The molecule has 0 aliphatic heterocycles. The summed E-state index contributed by atoms with van der Waals surface area (Å²) in [5.41, 5.74) is 5.67. The van der Waals surface area contributed by atoms with Crippen LogP contribution in [0.15, 0.2) is 18.6 Å². The Morgan fingerprint density at radius 1 is 1.54 bits per heavy atom. The molecule has 0 aromatic carbocycles. The van der Waals surface area contributed by atoms with Crippen LogP contribution in [-0.4, -0.2) is 42.4 Å². The van der Waals surface area contributed by atoms with E-state index < -0.39 is 17.5 Å². The van der Waals surface area contributed by atoms with E-state index in [0.29, 0.717) is 18.2 Å². The summed E-state index contributed by atoms with van der Waals surface area (Å²) in [5, 5.41) is 19.7. The molecule has 1 amide bonds. The van der Waals surface area contributed by atoms with Crippen molar-refractivity contribution in [3.8, 4) is 0 Å². The maximum Gasteiger partial charge on any atom is 0.229 e. The summed E-state index contributed by atoms with van der Waals surface area (Å²) in [6.07, 6.45) is 7.14. The molecule has 4 atom stereocenters. The molecule has 5 N–H and O–H groups in total. The summed E-state index contributed by atoms with van der Waals surface area (Å²) in [6.45, 7) is 2.03. The van der Waals surface area contributed by atoms with Crippen molar-refractivity contribution < 1.29 is 14.3 Å². The largest absolute Gasteiger partial charge is 0.391 e. The molecule has 4 rings (SSSR count). The van der Waals surface area contributed by atoms with Crippen molar-refractivity contribution in [2.45, 2.75) is 50.8 Å². The summed E-state index contributed by atoms with van der Waals surface area (Å²) < 4.78 is 16.0. The Morgan fingerprint density at radius 3 is 3.07 bits per heavy atom. The molecular formula is C18H24FN7O2. The van der Waals surface area contributed by atoms with Gasteiger partial charge in [-0.25, -0.2) is 9.37 Å². The van der Waals surface area contributed by atoms with E-state index in [0.717, 1.165) is 31.9 Å². The van der Waals surface area contributed by atoms with Gasteiger partial charge in [0.15, 0.2) is 11.6 Å². The number of primary amides is 1. The Hall–Kier alpha value is -2.75. The molecule has 28 heavy (non-hydrogen) atoms. The Kier molecular flexibility index (Phi) is 4.66.